The number of rotatable bonds is 5. The van der Waals surface area contributed by atoms with Gasteiger partial charge in [-0.2, -0.15) is 15.4 Å². The van der Waals surface area contributed by atoms with Crippen molar-refractivity contribution in [2.24, 2.45) is 0 Å². The second-order valence-electron chi connectivity index (χ2n) is 4.38. The predicted octanol–water partition coefficient (Wildman–Crippen LogP) is 2.48. The maximum Gasteiger partial charge on any atom is 0.164 e. The molecule has 19 heavy (non-hydrogen) atoms. The SMILES string of the molecule is CCCNC(c1cn[nH]n1)c1ccc(C)c(F)c1F. The van der Waals surface area contributed by atoms with E-state index >= 15 is 0 Å². The molecule has 0 saturated heterocycles. The van der Waals surface area contributed by atoms with Gasteiger partial charge in [-0.25, -0.2) is 8.78 Å². The van der Waals surface area contributed by atoms with Crippen LogP contribution in [-0.2, 0) is 0 Å². The van der Waals surface area contributed by atoms with Crippen LogP contribution in [0.1, 0.15) is 36.2 Å². The Labute approximate surface area is 110 Å². The van der Waals surface area contributed by atoms with E-state index in [0.29, 0.717) is 12.2 Å². The molecular formula is C13H16F2N4. The number of hydrogen-bond donors (Lipinski definition) is 2. The van der Waals surface area contributed by atoms with E-state index in [0.717, 1.165) is 6.42 Å². The summed E-state index contributed by atoms with van der Waals surface area (Å²) in [5, 5.41) is 13.3. The summed E-state index contributed by atoms with van der Waals surface area (Å²) >= 11 is 0. The predicted molar refractivity (Wildman–Crippen MR) is 67.6 cm³/mol. The van der Waals surface area contributed by atoms with Gasteiger partial charge >= 0.3 is 0 Å². The minimum Gasteiger partial charge on any atom is -0.305 e. The topological polar surface area (TPSA) is 53.6 Å². The summed E-state index contributed by atoms with van der Waals surface area (Å²) in [6.45, 7) is 4.21. The molecule has 2 N–H and O–H groups in total. The molecule has 0 aliphatic rings. The van der Waals surface area contributed by atoms with Crippen LogP contribution < -0.4 is 5.32 Å². The quantitative estimate of drug-likeness (QED) is 0.874. The monoisotopic (exact) mass is 266 g/mol. The molecule has 1 unspecified atom stereocenters. The molecule has 6 heteroatoms. The summed E-state index contributed by atoms with van der Waals surface area (Å²) in [5.41, 5.74) is 1.07. The van der Waals surface area contributed by atoms with Gasteiger partial charge in [0.15, 0.2) is 11.6 Å². The molecule has 0 amide bonds. The third kappa shape index (κ3) is 2.78. The summed E-state index contributed by atoms with van der Waals surface area (Å²) in [6.07, 6.45) is 2.38. The molecule has 2 aromatic rings. The van der Waals surface area contributed by atoms with Crippen molar-refractivity contribution in [1.29, 1.82) is 0 Å². The fourth-order valence-electron chi connectivity index (χ4n) is 1.90. The van der Waals surface area contributed by atoms with E-state index in [1.54, 1.807) is 12.1 Å². The number of halogens is 2. The number of benzene rings is 1. The lowest BCUT2D eigenvalue weighted by Crippen LogP contribution is -2.25. The number of nitrogens with zero attached hydrogens (tertiary/aromatic N) is 2. The Morgan fingerprint density at radius 2 is 2.11 bits per heavy atom. The van der Waals surface area contributed by atoms with Crippen LogP contribution in [0.25, 0.3) is 0 Å². The fraction of sp³-hybridized carbons (Fsp3) is 0.385. The largest absolute Gasteiger partial charge is 0.305 e. The van der Waals surface area contributed by atoms with Crippen LogP contribution in [0.5, 0.6) is 0 Å². The first-order valence-electron chi connectivity index (χ1n) is 6.18. The molecule has 0 aliphatic heterocycles. The average molecular weight is 266 g/mol. The average Bonchev–Trinajstić information content (AvgIpc) is 2.92. The van der Waals surface area contributed by atoms with E-state index in [2.05, 4.69) is 20.7 Å². The molecule has 1 aromatic carbocycles. The third-order valence-electron chi connectivity index (χ3n) is 2.94. The number of nitrogens with one attached hydrogen (secondary N) is 2. The van der Waals surface area contributed by atoms with Crippen molar-refractivity contribution in [3.63, 3.8) is 0 Å². The van der Waals surface area contributed by atoms with Crippen molar-refractivity contribution < 1.29 is 8.78 Å². The van der Waals surface area contributed by atoms with E-state index in [1.165, 1.54) is 13.1 Å². The van der Waals surface area contributed by atoms with Gasteiger partial charge in [-0.15, -0.1) is 0 Å². The van der Waals surface area contributed by atoms with E-state index in [-0.39, 0.29) is 11.1 Å². The van der Waals surface area contributed by atoms with Crippen LogP contribution in [0.3, 0.4) is 0 Å². The minimum atomic E-state index is -0.836. The maximum absolute atomic E-state index is 14.1. The van der Waals surface area contributed by atoms with Crippen LogP contribution in [-0.4, -0.2) is 22.0 Å². The highest BCUT2D eigenvalue weighted by atomic mass is 19.2. The van der Waals surface area contributed by atoms with Gasteiger partial charge < -0.3 is 5.32 Å². The van der Waals surface area contributed by atoms with Crippen molar-refractivity contribution >= 4 is 0 Å². The molecule has 1 heterocycles. The molecule has 102 valence electrons. The van der Waals surface area contributed by atoms with Crippen LogP contribution in [0, 0.1) is 18.6 Å². The molecule has 0 spiro atoms. The lowest BCUT2D eigenvalue weighted by atomic mass is 10.0. The molecule has 4 nitrogen and oxygen atoms in total. The number of aryl methyl sites for hydroxylation is 1. The van der Waals surface area contributed by atoms with Gasteiger partial charge in [-0.1, -0.05) is 19.1 Å². The van der Waals surface area contributed by atoms with Gasteiger partial charge in [0.2, 0.25) is 0 Å². The number of hydrogen-bond acceptors (Lipinski definition) is 3. The molecule has 2 rings (SSSR count). The number of H-pyrrole nitrogens is 1. The van der Waals surface area contributed by atoms with Crippen molar-refractivity contribution in [3.8, 4) is 0 Å². The molecule has 1 aromatic heterocycles. The third-order valence-corrected chi connectivity index (χ3v) is 2.94. The van der Waals surface area contributed by atoms with Crippen LogP contribution in [0.2, 0.25) is 0 Å². The Bertz CT molecular complexity index is 540. The maximum atomic E-state index is 14.1. The zero-order valence-corrected chi connectivity index (χ0v) is 10.9. The first-order chi connectivity index (χ1) is 9.15. The van der Waals surface area contributed by atoms with Crippen molar-refractivity contribution in [1.82, 2.24) is 20.7 Å². The van der Waals surface area contributed by atoms with Gasteiger partial charge in [0.1, 0.15) is 5.69 Å². The van der Waals surface area contributed by atoms with Gasteiger partial charge in [-0.3, -0.25) is 0 Å². The van der Waals surface area contributed by atoms with Gasteiger partial charge in [-0.05, 0) is 25.5 Å². The Morgan fingerprint density at radius 3 is 2.74 bits per heavy atom. The summed E-state index contributed by atoms with van der Waals surface area (Å²) in [4.78, 5) is 0. The number of aromatic amines is 1. The van der Waals surface area contributed by atoms with Gasteiger partial charge in [0.25, 0.3) is 0 Å². The van der Waals surface area contributed by atoms with E-state index in [4.69, 9.17) is 0 Å². The normalized spacial score (nSPS) is 12.6. The van der Waals surface area contributed by atoms with Crippen molar-refractivity contribution in [2.45, 2.75) is 26.3 Å². The Hall–Kier alpha value is -1.82. The molecule has 0 radical (unpaired) electrons. The Balaban J connectivity index is 2.41. The highest BCUT2D eigenvalue weighted by molar-refractivity contribution is 5.32. The van der Waals surface area contributed by atoms with Gasteiger partial charge in [0, 0.05) is 5.56 Å². The molecular weight excluding hydrogens is 250 g/mol. The molecule has 1 atom stereocenters. The lowest BCUT2D eigenvalue weighted by molar-refractivity contribution is 0.473. The summed E-state index contributed by atoms with van der Waals surface area (Å²) in [7, 11) is 0. The minimum absolute atomic E-state index is 0.241. The van der Waals surface area contributed by atoms with E-state index in [1.807, 2.05) is 6.92 Å². The zero-order valence-electron chi connectivity index (χ0n) is 10.9. The van der Waals surface area contributed by atoms with Crippen LogP contribution in [0.15, 0.2) is 18.3 Å². The second kappa shape index (κ2) is 5.88. The zero-order chi connectivity index (χ0) is 13.8. The molecule has 0 bridgehead atoms. The fourth-order valence-corrected chi connectivity index (χ4v) is 1.90. The molecule has 0 saturated carbocycles. The van der Waals surface area contributed by atoms with E-state index < -0.39 is 17.7 Å². The van der Waals surface area contributed by atoms with Crippen LogP contribution in [0.4, 0.5) is 8.78 Å². The smallest absolute Gasteiger partial charge is 0.164 e. The summed E-state index contributed by atoms with van der Waals surface area (Å²) in [5.74, 6) is -1.65. The van der Waals surface area contributed by atoms with Crippen molar-refractivity contribution in [3.05, 3.63) is 46.8 Å². The standard InChI is InChI=1S/C13H16F2N4/c1-3-6-16-13(10-7-17-19-18-10)9-5-4-8(2)11(14)12(9)15/h4-5,7,13,16H,3,6H2,1-2H3,(H,17,18,19). The molecule has 0 fully saturated rings. The highest BCUT2D eigenvalue weighted by Gasteiger charge is 2.22. The Morgan fingerprint density at radius 1 is 1.32 bits per heavy atom. The highest BCUT2D eigenvalue weighted by Crippen LogP contribution is 2.25. The van der Waals surface area contributed by atoms with Gasteiger partial charge in [0.05, 0.1) is 12.2 Å². The Kier molecular flexibility index (Phi) is 4.21. The first kappa shape index (κ1) is 13.6. The summed E-state index contributed by atoms with van der Waals surface area (Å²) < 4.78 is 27.7. The van der Waals surface area contributed by atoms with Crippen LogP contribution >= 0.6 is 0 Å². The summed E-state index contributed by atoms with van der Waals surface area (Å²) in [6, 6.07) is 2.64. The second-order valence-corrected chi connectivity index (χ2v) is 4.38. The number of aromatic nitrogens is 3. The lowest BCUT2D eigenvalue weighted by Gasteiger charge is -2.17. The van der Waals surface area contributed by atoms with E-state index in [9.17, 15) is 8.78 Å². The first-order valence-corrected chi connectivity index (χ1v) is 6.18. The molecule has 0 aliphatic carbocycles. The van der Waals surface area contributed by atoms with Crippen molar-refractivity contribution in [2.75, 3.05) is 6.54 Å².